The number of carbonyl (C=O) groups excluding carboxylic acids is 1. The number of likely N-dealkylation sites (tertiary alicyclic amines) is 1. The average Bonchev–Trinajstić information content (AvgIpc) is 3.15. The van der Waals surface area contributed by atoms with Gasteiger partial charge in [-0.1, -0.05) is 11.6 Å². The van der Waals surface area contributed by atoms with Crippen LogP contribution in [0.4, 0.5) is 0 Å². The molecule has 0 aromatic heterocycles. The van der Waals surface area contributed by atoms with Crippen LogP contribution in [0.2, 0.25) is 5.02 Å². The number of rotatable bonds is 5. The summed E-state index contributed by atoms with van der Waals surface area (Å²) in [5.74, 6) is 0.727. The van der Waals surface area contributed by atoms with Crippen LogP contribution >= 0.6 is 11.6 Å². The molecule has 5 nitrogen and oxygen atoms in total. The molecule has 25 heavy (non-hydrogen) atoms. The highest BCUT2D eigenvalue weighted by Crippen LogP contribution is 2.30. The zero-order valence-corrected chi connectivity index (χ0v) is 15.9. The normalized spacial score (nSPS) is 24.4. The molecule has 0 unspecified atom stereocenters. The summed E-state index contributed by atoms with van der Waals surface area (Å²) in [6.45, 7) is 2.23. The van der Waals surface area contributed by atoms with Crippen molar-refractivity contribution in [2.24, 2.45) is 11.8 Å². The number of hydrogen-bond donors (Lipinski definition) is 1. The van der Waals surface area contributed by atoms with E-state index >= 15 is 0 Å². The second kappa shape index (κ2) is 8.06. The predicted molar refractivity (Wildman–Crippen MR) is 97.9 cm³/mol. The summed E-state index contributed by atoms with van der Waals surface area (Å²) in [4.78, 5) is 14.7. The second-order valence-corrected chi connectivity index (χ2v) is 9.26. The van der Waals surface area contributed by atoms with Crippen molar-refractivity contribution < 1.29 is 13.2 Å². The van der Waals surface area contributed by atoms with E-state index in [0.717, 1.165) is 51.6 Å². The van der Waals surface area contributed by atoms with Gasteiger partial charge in [-0.25, -0.2) is 13.1 Å². The Kier molecular flexibility index (Phi) is 6.02. The summed E-state index contributed by atoms with van der Waals surface area (Å²) in [5.41, 5.74) is 0. The van der Waals surface area contributed by atoms with Gasteiger partial charge in [0.25, 0.3) is 0 Å². The van der Waals surface area contributed by atoms with Crippen molar-refractivity contribution in [1.29, 1.82) is 0 Å². The first-order chi connectivity index (χ1) is 12.0. The maximum atomic E-state index is 12.4. The summed E-state index contributed by atoms with van der Waals surface area (Å²) in [6.07, 6.45) is 5.76. The summed E-state index contributed by atoms with van der Waals surface area (Å²) >= 11 is 5.80. The molecule has 1 N–H and O–H groups in total. The van der Waals surface area contributed by atoms with Gasteiger partial charge in [-0.05, 0) is 68.7 Å². The Bertz CT molecular complexity index is 692. The first-order valence-electron chi connectivity index (χ1n) is 9.00. The van der Waals surface area contributed by atoms with Gasteiger partial charge < -0.3 is 4.90 Å². The molecular formula is C18H25ClN2O3S. The summed E-state index contributed by atoms with van der Waals surface area (Å²) in [5, 5.41) is 0.514. The van der Waals surface area contributed by atoms with Crippen LogP contribution in [0, 0.1) is 11.8 Å². The lowest BCUT2D eigenvalue weighted by atomic mass is 9.81. The maximum absolute atomic E-state index is 12.4. The minimum absolute atomic E-state index is 0.127. The molecule has 1 saturated heterocycles. The maximum Gasteiger partial charge on any atom is 0.240 e. The highest BCUT2D eigenvalue weighted by molar-refractivity contribution is 7.89. The number of nitrogens with zero attached hydrogens (tertiary/aromatic N) is 1. The van der Waals surface area contributed by atoms with Crippen LogP contribution in [0.5, 0.6) is 0 Å². The minimum Gasteiger partial charge on any atom is -0.342 e. The molecule has 1 amide bonds. The van der Waals surface area contributed by atoms with E-state index in [1.54, 1.807) is 12.1 Å². The van der Waals surface area contributed by atoms with Gasteiger partial charge in [0.15, 0.2) is 0 Å². The fourth-order valence-corrected chi connectivity index (χ4v) is 4.98. The van der Waals surface area contributed by atoms with Gasteiger partial charge in [-0.15, -0.1) is 0 Å². The zero-order valence-electron chi connectivity index (χ0n) is 14.3. The number of sulfonamides is 1. The molecule has 1 aromatic carbocycles. The summed E-state index contributed by atoms with van der Waals surface area (Å²) < 4.78 is 27.3. The quantitative estimate of drug-likeness (QED) is 0.848. The molecule has 3 rings (SSSR count). The Morgan fingerprint density at radius 1 is 1.08 bits per heavy atom. The molecular weight excluding hydrogens is 360 g/mol. The van der Waals surface area contributed by atoms with Gasteiger partial charge in [0.05, 0.1) is 4.90 Å². The number of halogens is 1. The van der Waals surface area contributed by atoms with Crippen molar-refractivity contribution in [3.05, 3.63) is 29.3 Å². The van der Waals surface area contributed by atoms with E-state index < -0.39 is 10.0 Å². The highest BCUT2D eigenvalue weighted by atomic mass is 35.5. The van der Waals surface area contributed by atoms with Gasteiger partial charge >= 0.3 is 0 Å². The zero-order chi connectivity index (χ0) is 17.9. The minimum atomic E-state index is -3.50. The molecule has 2 aliphatic rings. The Morgan fingerprint density at radius 2 is 1.68 bits per heavy atom. The van der Waals surface area contributed by atoms with Crippen LogP contribution in [-0.2, 0) is 14.8 Å². The molecule has 0 atom stereocenters. The first-order valence-corrected chi connectivity index (χ1v) is 10.9. The smallest absolute Gasteiger partial charge is 0.240 e. The van der Waals surface area contributed by atoms with Gasteiger partial charge in [0.2, 0.25) is 15.9 Å². The predicted octanol–water partition coefficient (Wildman–Crippen LogP) is 3.05. The van der Waals surface area contributed by atoms with E-state index in [1.165, 1.54) is 12.1 Å². The Hall–Kier alpha value is -1.11. The fourth-order valence-electron chi connectivity index (χ4n) is 3.73. The van der Waals surface area contributed by atoms with Gasteiger partial charge in [0.1, 0.15) is 0 Å². The molecule has 1 heterocycles. The van der Waals surface area contributed by atoms with Crippen LogP contribution in [0.15, 0.2) is 29.2 Å². The molecule has 7 heteroatoms. The van der Waals surface area contributed by atoms with E-state index in [2.05, 4.69) is 4.72 Å². The highest BCUT2D eigenvalue weighted by Gasteiger charge is 2.31. The molecule has 0 spiro atoms. The fraction of sp³-hybridized carbons (Fsp3) is 0.611. The second-order valence-electron chi connectivity index (χ2n) is 7.06. The van der Waals surface area contributed by atoms with Gasteiger partial charge in [0, 0.05) is 30.6 Å². The molecule has 0 radical (unpaired) electrons. The lowest BCUT2D eigenvalue weighted by Gasteiger charge is -2.30. The number of amides is 1. The van der Waals surface area contributed by atoms with E-state index in [1.807, 2.05) is 4.90 Å². The monoisotopic (exact) mass is 384 g/mol. The molecule has 138 valence electrons. The van der Waals surface area contributed by atoms with E-state index in [-0.39, 0.29) is 10.8 Å². The molecule has 1 saturated carbocycles. The van der Waals surface area contributed by atoms with E-state index in [0.29, 0.717) is 23.4 Å². The van der Waals surface area contributed by atoms with E-state index in [9.17, 15) is 13.2 Å². The van der Waals surface area contributed by atoms with Crippen LogP contribution in [0.1, 0.15) is 38.5 Å². The number of nitrogens with one attached hydrogen (secondary N) is 1. The Morgan fingerprint density at radius 3 is 2.28 bits per heavy atom. The standard InChI is InChI=1S/C18H25ClN2O3S/c19-16-7-9-17(10-8-16)25(23,24)20-13-14-3-5-15(6-4-14)18(22)21-11-1-2-12-21/h7-10,14-15,20H,1-6,11-13H2. The summed E-state index contributed by atoms with van der Waals surface area (Å²) in [6, 6.07) is 6.17. The Balaban J connectivity index is 1.47. The lowest BCUT2D eigenvalue weighted by molar-refractivity contribution is -0.135. The van der Waals surface area contributed by atoms with Crippen molar-refractivity contribution in [3.63, 3.8) is 0 Å². The molecule has 1 aromatic rings. The molecule has 0 bridgehead atoms. The molecule has 1 aliphatic heterocycles. The van der Waals surface area contributed by atoms with Gasteiger partial charge in [-0.2, -0.15) is 0 Å². The molecule has 1 aliphatic carbocycles. The largest absolute Gasteiger partial charge is 0.342 e. The van der Waals surface area contributed by atoms with Crippen LogP contribution in [0.25, 0.3) is 0 Å². The van der Waals surface area contributed by atoms with Crippen molar-refractivity contribution in [1.82, 2.24) is 9.62 Å². The first kappa shape index (κ1) is 18.7. The lowest BCUT2D eigenvalue weighted by Crippen LogP contribution is -2.37. The molecule has 2 fully saturated rings. The van der Waals surface area contributed by atoms with E-state index in [4.69, 9.17) is 11.6 Å². The third-order valence-corrected chi connectivity index (χ3v) is 6.99. The average molecular weight is 385 g/mol. The van der Waals surface area contributed by atoms with Crippen LogP contribution < -0.4 is 4.72 Å². The number of carbonyl (C=O) groups is 1. The van der Waals surface area contributed by atoms with Crippen LogP contribution in [0.3, 0.4) is 0 Å². The number of benzene rings is 1. The Labute approximate surface area is 154 Å². The topological polar surface area (TPSA) is 66.5 Å². The number of hydrogen-bond acceptors (Lipinski definition) is 3. The van der Waals surface area contributed by atoms with Crippen molar-refractivity contribution >= 4 is 27.5 Å². The van der Waals surface area contributed by atoms with Crippen molar-refractivity contribution in [2.75, 3.05) is 19.6 Å². The van der Waals surface area contributed by atoms with Crippen LogP contribution in [-0.4, -0.2) is 38.9 Å². The van der Waals surface area contributed by atoms with Gasteiger partial charge in [-0.3, -0.25) is 4.79 Å². The SMILES string of the molecule is O=C(C1CCC(CNS(=O)(=O)c2ccc(Cl)cc2)CC1)N1CCCC1. The van der Waals surface area contributed by atoms with Crippen molar-refractivity contribution in [3.8, 4) is 0 Å². The van der Waals surface area contributed by atoms with Crippen molar-refractivity contribution in [2.45, 2.75) is 43.4 Å². The third kappa shape index (κ3) is 4.74. The summed E-state index contributed by atoms with van der Waals surface area (Å²) in [7, 11) is -3.50. The third-order valence-electron chi connectivity index (χ3n) is 5.30.